The molecule has 0 saturated heterocycles. The molecular formula is C9H17NO2. The fourth-order valence-electron chi connectivity index (χ4n) is 1.19. The van der Waals surface area contributed by atoms with E-state index in [9.17, 15) is 4.79 Å². The molecule has 0 bridgehead atoms. The topological polar surface area (TPSA) is 52.3 Å². The fourth-order valence-corrected chi connectivity index (χ4v) is 1.19. The highest BCUT2D eigenvalue weighted by atomic mass is 16.5. The highest BCUT2D eigenvalue weighted by molar-refractivity contribution is 5.70. The van der Waals surface area contributed by atoms with Crippen molar-refractivity contribution in [2.45, 2.75) is 45.3 Å². The number of nitrogens with two attached hydrogens (primary N) is 1. The van der Waals surface area contributed by atoms with Crippen LogP contribution in [0.3, 0.4) is 0 Å². The zero-order valence-electron chi connectivity index (χ0n) is 7.75. The fraction of sp³-hybridized carbons (Fsp3) is 0.889. The lowest BCUT2D eigenvalue weighted by Gasteiger charge is -2.11. The molecule has 3 heteroatoms. The summed E-state index contributed by atoms with van der Waals surface area (Å²) in [4.78, 5) is 11.1. The van der Waals surface area contributed by atoms with Crippen molar-refractivity contribution in [1.82, 2.24) is 0 Å². The highest BCUT2D eigenvalue weighted by Gasteiger charge is 2.30. The van der Waals surface area contributed by atoms with E-state index in [1.165, 1.54) is 12.8 Å². The standard InChI is InChI=1S/C9H17NO2/c1-6(2)12-9(11)5-8(10)7-3-4-7/h6-8H,3-5,10H2,1-2H3. The molecule has 1 aliphatic rings. The molecule has 70 valence electrons. The number of carbonyl (C=O) groups excluding carboxylic acids is 1. The number of carbonyl (C=O) groups is 1. The van der Waals surface area contributed by atoms with E-state index in [1.807, 2.05) is 13.8 Å². The van der Waals surface area contributed by atoms with Gasteiger partial charge in [0.1, 0.15) is 0 Å². The molecule has 0 aromatic rings. The van der Waals surface area contributed by atoms with Gasteiger partial charge in [-0.3, -0.25) is 4.79 Å². The third-order valence-corrected chi connectivity index (χ3v) is 2.00. The Kier molecular flexibility index (Phi) is 3.09. The summed E-state index contributed by atoms with van der Waals surface area (Å²) in [6.07, 6.45) is 2.71. The molecular weight excluding hydrogens is 154 g/mol. The van der Waals surface area contributed by atoms with Crippen molar-refractivity contribution in [2.24, 2.45) is 11.7 Å². The second kappa shape index (κ2) is 3.90. The Balaban J connectivity index is 2.15. The van der Waals surface area contributed by atoms with E-state index < -0.39 is 0 Å². The third kappa shape index (κ3) is 3.22. The first kappa shape index (κ1) is 9.52. The van der Waals surface area contributed by atoms with Crippen LogP contribution >= 0.6 is 0 Å². The van der Waals surface area contributed by atoms with Crippen LogP contribution in [0.15, 0.2) is 0 Å². The molecule has 1 saturated carbocycles. The van der Waals surface area contributed by atoms with Gasteiger partial charge in [0.2, 0.25) is 0 Å². The van der Waals surface area contributed by atoms with Crippen molar-refractivity contribution >= 4 is 5.97 Å². The Hall–Kier alpha value is -0.570. The maximum absolute atomic E-state index is 11.1. The Morgan fingerprint density at radius 3 is 2.58 bits per heavy atom. The van der Waals surface area contributed by atoms with Gasteiger partial charge in [-0.2, -0.15) is 0 Å². The van der Waals surface area contributed by atoms with Crippen LogP contribution in [0.4, 0.5) is 0 Å². The molecule has 1 unspecified atom stereocenters. The number of ether oxygens (including phenoxy) is 1. The molecule has 2 N–H and O–H groups in total. The zero-order chi connectivity index (χ0) is 9.14. The van der Waals surface area contributed by atoms with Gasteiger partial charge in [0.25, 0.3) is 0 Å². The predicted molar refractivity (Wildman–Crippen MR) is 46.5 cm³/mol. The molecule has 0 heterocycles. The van der Waals surface area contributed by atoms with Crippen molar-refractivity contribution < 1.29 is 9.53 Å². The lowest BCUT2D eigenvalue weighted by atomic mass is 10.1. The van der Waals surface area contributed by atoms with Crippen LogP contribution in [0.5, 0.6) is 0 Å². The molecule has 0 aromatic carbocycles. The summed E-state index contributed by atoms with van der Waals surface area (Å²) in [5.74, 6) is 0.411. The first-order valence-electron chi connectivity index (χ1n) is 4.54. The summed E-state index contributed by atoms with van der Waals surface area (Å²) < 4.78 is 4.98. The molecule has 0 radical (unpaired) electrons. The third-order valence-electron chi connectivity index (χ3n) is 2.00. The molecule has 12 heavy (non-hydrogen) atoms. The van der Waals surface area contributed by atoms with Crippen molar-refractivity contribution in [1.29, 1.82) is 0 Å². The largest absolute Gasteiger partial charge is 0.463 e. The van der Waals surface area contributed by atoms with E-state index in [0.717, 1.165) is 0 Å². The Morgan fingerprint density at radius 2 is 2.17 bits per heavy atom. The first-order chi connectivity index (χ1) is 5.59. The van der Waals surface area contributed by atoms with Gasteiger partial charge < -0.3 is 10.5 Å². The summed E-state index contributed by atoms with van der Waals surface area (Å²) in [6.45, 7) is 3.70. The monoisotopic (exact) mass is 171 g/mol. The quantitative estimate of drug-likeness (QED) is 0.643. The number of rotatable bonds is 4. The minimum atomic E-state index is -0.163. The Morgan fingerprint density at radius 1 is 1.58 bits per heavy atom. The van der Waals surface area contributed by atoms with Crippen molar-refractivity contribution in [2.75, 3.05) is 0 Å². The summed E-state index contributed by atoms with van der Waals surface area (Å²) >= 11 is 0. The molecule has 0 aliphatic heterocycles. The molecule has 1 fully saturated rings. The number of hydrogen-bond donors (Lipinski definition) is 1. The van der Waals surface area contributed by atoms with Crippen LogP contribution in [0, 0.1) is 5.92 Å². The first-order valence-corrected chi connectivity index (χ1v) is 4.54. The second-order valence-electron chi connectivity index (χ2n) is 3.74. The summed E-state index contributed by atoms with van der Waals surface area (Å²) in [5, 5.41) is 0. The molecule has 0 aromatic heterocycles. The normalized spacial score (nSPS) is 19.3. The van der Waals surface area contributed by atoms with E-state index in [-0.39, 0.29) is 18.1 Å². The van der Waals surface area contributed by atoms with Gasteiger partial charge in [0.15, 0.2) is 0 Å². The Bertz CT molecular complexity index is 164. The van der Waals surface area contributed by atoms with Gasteiger partial charge >= 0.3 is 5.97 Å². The molecule has 1 atom stereocenters. The van der Waals surface area contributed by atoms with Crippen LogP contribution < -0.4 is 5.73 Å². The molecule has 0 amide bonds. The number of hydrogen-bond acceptors (Lipinski definition) is 3. The van der Waals surface area contributed by atoms with Gasteiger partial charge in [0.05, 0.1) is 12.5 Å². The number of esters is 1. The SMILES string of the molecule is CC(C)OC(=O)CC(N)C1CC1. The van der Waals surface area contributed by atoms with E-state index in [0.29, 0.717) is 12.3 Å². The van der Waals surface area contributed by atoms with E-state index in [4.69, 9.17) is 10.5 Å². The molecule has 3 nitrogen and oxygen atoms in total. The van der Waals surface area contributed by atoms with Crippen LogP contribution in [0.2, 0.25) is 0 Å². The minimum absolute atomic E-state index is 0.0242. The Labute approximate surface area is 73.3 Å². The lowest BCUT2D eigenvalue weighted by molar-refractivity contribution is -0.147. The second-order valence-corrected chi connectivity index (χ2v) is 3.74. The average Bonchev–Trinajstić information content (AvgIpc) is 2.63. The maximum atomic E-state index is 11.1. The summed E-state index contributed by atoms with van der Waals surface area (Å²) in [5.41, 5.74) is 5.75. The van der Waals surface area contributed by atoms with Gasteiger partial charge in [-0.1, -0.05) is 0 Å². The van der Waals surface area contributed by atoms with E-state index >= 15 is 0 Å². The van der Waals surface area contributed by atoms with Crippen molar-refractivity contribution in [3.63, 3.8) is 0 Å². The molecule has 1 aliphatic carbocycles. The van der Waals surface area contributed by atoms with E-state index in [1.54, 1.807) is 0 Å². The van der Waals surface area contributed by atoms with Gasteiger partial charge in [-0.25, -0.2) is 0 Å². The smallest absolute Gasteiger partial charge is 0.307 e. The van der Waals surface area contributed by atoms with Crippen molar-refractivity contribution in [3.8, 4) is 0 Å². The highest BCUT2D eigenvalue weighted by Crippen LogP contribution is 2.32. The van der Waals surface area contributed by atoms with Crippen LogP contribution in [-0.2, 0) is 9.53 Å². The van der Waals surface area contributed by atoms with E-state index in [2.05, 4.69) is 0 Å². The van der Waals surface area contributed by atoms with Gasteiger partial charge in [-0.05, 0) is 32.6 Å². The van der Waals surface area contributed by atoms with Crippen LogP contribution in [0.25, 0.3) is 0 Å². The van der Waals surface area contributed by atoms with Gasteiger partial charge in [0, 0.05) is 6.04 Å². The average molecular weight is 171 g/mol. The molecule has 1 rings (SSSR count). The zero-order valence-corrected chi connectivity index (χ0v) is 7.75. The summed E-state index contributed by atoms with van der Waals surface area (Å²) in [7, 11) is 0. The minimum Gasteiger partial charge on any atom is -0.463 e. The van der Waals surface area contributed by atoms with Crippen LogP contribution in [0.1, 0.15) is 33.1 Å². The molecule has 0 spiro atoms. The lowest BCUT2D eigenvalue weighted by Crippen LogP contribution is -2.27. The van der Waals surface area contributed by atoms with Crippen molar-refractivity contribution in [3.05, 3.63) is 0 Å². The predicted octanol–water partition coefficient (Wildman–Crippen LogP) is 1.07. The summed E-state index contributed by atoms with van der Waals surface area (Å²) in [6, 6.07) is 0.0243. The maximum Gasteiger partial charge on any atom is 0.307 e. The van der Waals surface area contributed by atoms with Crippen LogP contribution in [-0.4, -0.2) is 18.1 Å². The van der Waals surface area contributed by atoms with Gasteiger partial charge in [-0.15, -0.1) is 0 Å².